The van der Waals surface area contributed by atoms with Crippen LogP contribution in [0.4, 0.5) is 0 Å². The van der Waals surface area contributed by atoms with Crippen LogP contribution in [0.5, 0.6) is 11.5 Å². The van der Waals surface area contributed by atoms with Gasteiger partial charge >= 0.3 is 23.5 Å². The summed E-state index contributed by atoms with van der Waals surface area (Å²) in [4.78, 5) is 56.0. The van der Waals surface area contributed by atoms with Crippen LogP contribution in [0.25, 0.3) is 11.3 Å². The number of pyridine rings is 1. The van der Waals surface area contributed by atoms with Crippen molar-refractivity contribution in [1.82, 2.24) is 4.98 Å². The molecule has 12 nitrogen and oxygen atoms in total. The van der Waals surface area contributed by atoms with Crippen LogP contribution in [0.3, 0.4) is 0 Å². The predicted octanol–water partition coefficient (Wildman–Crippen LogP) is 5.06. The number of rotatable bonds is 7. The van der Waals surface area contributed by atoms with Crippen molar-refractivity contribution in [2.24, 2.45) is 22.7 Å². The van der Waals surface area contributed by atoms with Gasteiger partial charge < -0.3 is 33.2 Å². The first-order valence-electron chi connectivity index (χ1n) is 16.3. The Labute approximate surface area is 283 Å². The SMILES string of the molecule is COc1ccc(C(=O)O[C@H]2CC3C(C)(COC(C)=O)[C@@H](OC(C)=O)CC[C@]3(C)C3[C@@H](O)c4c(cc(-c5cccnc5)oc4=O)O[C@@]32C)cc1. The first-order valence-corrected chi connectivity index (χ1v) is 16.3. The van der Waals surface area contributed by atoms with E-state index in [-0.39, 0.29) is 35.7 Å². The van der Waals surface area contributed by atoms with E-state index >= 15 is 0 Å². The van der Waals surface area contributed by atoms with Crippen molar-refractivity contribution >= 4 is 17.9 Å². The van der Waals surface area contributed by atoms with Gasteiger partial charge in [-0.25, -0.2) is 9.59 Å². The zero-order valence-electron chi connectivity index (χ0n) is 28.4. The van der Waals surface area contributed by atoms with Crippen molar-refractivity contribution in [3.05, 3.63) is 76.4 Å². The molecule has 0 radical (unpaired) electrons. The lowest BCUT2D eigenvalue weighted by Crippen LogP contribution is -2.71. The highest BCUT2D eigenvalue weighted by Gasteiger charge is 2.71. The highest BCUT2D eigenvalue weighted by Crippen LogP contribution is 2.67. The van der Waals surface area contributed by atoms with Crippen LogP contribution < -0.4 is 15.1 Å². The zero-order valence-corrected chi connectivity index (χ0v) is 28.4. The molecular formula is C37H41NO11. The Kier molecular flexibility index (Phi) is 8.81. The molecule has 49 heavy (non-hydrogen) atoms. The average molecular weight is 676 g/mol. The molecule has 0 saturated heterocycles. The maximum absolute atomic E-state index is 13.8. The van der Waals surface area contributed by atoms with Crippen molar-refractivity contribution in [2.75, 3.05) is 13.7 Å². The summed E-state index contributed by atoms with van der Waals surface area (Å²) in [7, 11) is 1.53. The summed E-state index contributed by atoms with van der Waals surface area (Å²) in [5, 5.41) is 12.3. The quantitative estimate of drug-likeness (QED) is 0.262. The van der Waals surface area contributed by atoms with Crippen LogP contribution in [0, 0.1) is 22.7 Å². The Morgan fingerprint density at radius 1 is 1.02 bits per heavy atom. The monoisotopic (exact) mass is 675 g/mol. The van der Waals surface area contributed by atoms with E-state index < -0.39 is 70.1 Å². The lowest BCUT2D eigenvalue weighted by Gasteiger charge is -2.66. The fourth-order valence-corrected chi connectivity index (χ4v) is 8.76. The molecule has 1 aromatic carbocycles. The number of fused-ring (bicyclic) bond motifs is 4. The van der Waals surface area contributed by atoms with Crippen molar-refractivity contribution < 1.29 is 47.6 Å². The van der Waals surface area contributed by atoms with Gasteiger partial charge in [-0.15, -0.1) is 0 Å². The molecule has 2 aromatic heterocycles. The van der Waals surface area contributed by atoms with Gasteiger partial charge in [-0.1, -0.05) is 13.8 Å². The standard InChI is InChI=1S/C37H41NO11/c1-20(39)45-19-36(4)27-17-29(48-33(42)22-9-11-24(44-6)12-10-22)37(5)32(35(27,3)14-13-28(36)46-21(2)40)31(41)30-26(49-37)16-25(47-34(30)43)23-8-7-15-38-18-23/h7-12,15-16,18,27-29,31-32,41H,13-14,17,19H2,1-6H3/t27?,28-,29-,31-,32?,35-,36?,37+/m0/s1. The number of carbonyl (C=O) groups excluding carboxylic acids is 3. The molecule has 2 fully saturated rings. The van der Waals surface area contributed by atoms with E-state index in [0.29, 0.717) is 24.2 Å². The predicted molar refractivity (Wildman–Crippen MR) is 174 cm³/mol. The molecule has 3 heterocycles. The van der Waals surface area contributed by atoms with Crippen molar-refractivity contribution in [1.29, 1.82) is 0 Å². The molecular weight excluding hydrogens is 634 g/mol. The molecule has 3 aromatic rings. The largest absolute Gasteiger partial charge is 0.497 e. The van der Waals surface area contributed by atoms with Gasteiger partial charge in [0.25, 0.3) is 0 Å². The molecule has 0 spiro atoms. The summed E-state index contributed by atoms with van der Waals surface area (Å²) < 4.78 is 35.5. The third-order valence-electron chi connectivity index (χ3n) is 11.0. The minimum atomic E-state index is -1.40. The van der Waals surface area contributed by atoms with Gasteiger partial charge in [0.05, 0.1) is 18.8 Å². The summed E-state index contributed by atoms with van der Waals surface area (Å²) in [6.07, 6.45) is 1.18. The van der Waals surface area contributed by atoms with Crippen molar-refractivity contribution in [2.45, 2.75) is 77.8 Å². The lowest BCUT2D eigenvalue weighted by atomic mass is 9.42. The zero-order chi connectivity index (χ0) is 35.3. The Hall–Kier alpha value is -4.71. The molecule has 0 amide bonds. The van der Waals surface area contributed by atoms with E-state index in [0.717, 1.165) is 0 Å². The number of hydrogen-bond donors (Lipinski definition) is 1. The molecule has 0 bridgehead atoms. The van der Waals surface area contributed by atoms with Crippen LogP contribution in [-0.2, 0) is 23.8 Å². The number of ether oxygens (including phenoxy) is 5. The second-order valence-electron chi connectivity index (χ2n) is 14.0. The number of aromatic nitrogens is 1. The smallest absolute Gasteiger partial charge is 0.345 e. The molecule has 12 heteroatoms. The normalized spacial score (nSPS) is 31.5. The van der Waals surface area contributed by atoms with Crippen LogP contribution in [0.1, 0.15) is 75.9 Å². The van der Waals surface area contributed by atoms with Crippen LogP contribution in [0.15, 0.2) is 64.1 Å². The maximum Gasteiger partial charge on any atom is 0.345 e. The molecule has 2 saturated carbocycles. The molecule has 1 aliphatic heterocycles. The minimum Gasteiger partial charge on any atom is -0.497 e. The molecule has 2 aliphatic carbocycles. The van der Waals surface area contributed by atoms with E-state index in [1.165, 1.54) is 21.0 Å². The number of aliphatic hydroxyl groups is 1. The topological polar surface area (TPSA) is 161 Å². The summed E-state index contributed by atoms with van der Waals surface area (Å²) >= 11 is 0. The second kappa shape index (κ2) is 12.6. The maximum atomic E-state index is 13.8. The molecule has 260 valence electrons. The third kappa shape index (κ3) is 5.85. The number of carbonyl (C=O) groups is 3. The Bertz CT molecular complexity index is 1810. The van der Waals surface area contributed by atoms with Crippen molar-refractivity contribution in [3.63, 3.8) is 0 Å². The number of esters is 3. The first-order chi connectivity index (χ1) is 23.2. The van der Waals surface area contributed by atoms with E-state index in [4.69, 9.17) is 28.1 Å². The van der Waals surface area contributed by atoms with Gasteiger partial charge in [0.1, 0.15) is 47.2 Å². The number of methoxy groups -OCH3 is 1. The van der Waals surface area contributed by atoms with Gasteiger partial charge in [0, 0.05) is 49.2 Å². The Balaban J connectivity index is 1.49. The Morgan fingerprint density at radius 3 is 2.39 bits per heavy atom. The van der Waals surface area contributed by atoms with Crippen LogP contribution in [0.2, 0.25) is 0 Å². The average Bonchev–Trinajstić information content (AvgIpc) is 3.06. The third-order valence-corrected chi connectivity index (χ3v) is 11.0. The minimum absolute atomic E-state index is 0.0407. The van der Waals surface area contributed by atoms with E-state index in [2.05, 4.69) is 4.98 Å². The number of nitrogens with zero attached hydrogens (tertiary/aromatic N) is 1. The first kappa shape index (κ1) is 34.2. The van der Waals surface area contributed by atoms with Gasteiger partial charge in [0.15, 0.2) is 0 Å². The lowest BCUT2D eigenvalue weighted by molar-refractivity contribution is -0.266. The highest BCUT2D eigenvalue weighted by atomic mass is 16.6. The van der Waals surface area contributed by atoms with Crippen molar-refractivity contribution in [3.8, 4) is 22.8 Å². The summed E-state index contributed by atoms with van der Waals surface area (Å²) in [5.74, 6) is -2.00. The second-order valence-corrected chi connectivity index (χ2v) is 14.0. The van der Waals surface area contributed by atoms with Gasteiger partial charge in [0.2, 0.25) is 0 Å². The van der Waals surface area contributed by atoms with Gasteiger partial charge in [-0.2, -0.15) is 0 Å². The molecule has 6 rings (SSSR count). The molecule has 3 unspecified atom stereocenters. The fraction of sp³-hybridized carbons (Fsp3) is 0.486. The van der Waals surface area contributed by atoms with Crippen LogP contribution >= 0.6 is 0 Å². The molecule has 8 atom stereocenters. The van der Waals surface area contributed by atoms with Gasteiger partial charge in [-0.3, -0.25) is 14.6 Å². The summed E-state index contributed by atoms with van der Waals surface area (Å²) in [5.41, 5.74) is -3.11. The summed E-state index contributed by atoms with van der Waals surface area (Å²) in [6.45, 7) is 8.21. The van der Waals surface area contributed by atoms with Gasteiger partial charge in [-0.05, 0) is 73.9 Å². The Morgan fingerprint density at radius 2 is 1.76 bits per heavy atom. The van der Waals surface area contributed by atoms with E-state index in [1.54, 1.807) is 61.8 Å². The summed E-state index contributed by atoms with van der Waals surface area (Å²) in [6, 6.07) is 11.5. The number of hydrogen-bond acceptors (Lipinski definition) is 12. The van der Waals surface area contributed by atoms with Crippen LogP contribution in [-0.4, -0.2) is 59.5 Å². The fourth-order valence-electron chi connectivity index (χ4n) is 8.76. The molecule has 3 aliphatic rings. The number of benzene rings is 1. The van der Waals surface area contributed by atoms with E-state index in [1.807, 2.05) is 13.8 Å². The van der Waals surface area contributed by atoms with E-state index in [9.17, 15) is 24.3 Å². The number of aliphatic hydroxyl groups excluding tert-OH is 1. The molecule has 1 N–H and O–H groups in total. The highest BCUT2D eigenvalue weighted by molar-refractivity contribution is 5.89.